The number of hydrogen-bond acceptors (Lipinski definition) is 3. The topological polar surface area (TPSA) is 41.6 Å². The number of morpholine rings is 1. The van der Waals surface area contributed by atoms with Crippen LogP contribution in [0.15, 0.2) is 0 Å². The second-order valence-electron chi connectivity index (χ2n) is 5.95. The van der Waals surface area contributed by atoms with Crippen LogP contribution >= 0.6 is 0 Å². The van der Waals surface area contributed by atoms with E-state index in [1.54, 1.807) is 0 Å². The van der Waals surface area contributed by atoms with Gasteiger partial charge in [0.15, 0.2) is 0 Å². The van der Waals surface area contributed by atoms with E-state index in [0.717, 1.165) is 13.1 Å². The van der Waals surface area contributed by atoms with Gasteiger partial charge in [-0.3, -0.25) is 4.79 Å². The molecule has 17 heavy (non-hydrogen) atoms. The molecule has 0 aromatic carbocycles. The highest BCUT2D eigenvalue weighted by Gasteiger charge is 2.28. The van der Waals surface area contributed by atoms with Crippen molar-refractivity contribution >= 4 is 5.91 Å². The molecule has 1 N–H and O–H groups in total. The van der Waals surface area contributed by atoms with Gasteiger partial charge in [-0.2, -0.15) is 0 Å². The van der Waals surface area contributed by atoms with Crippen LogP contribution in [0.2, 0.25) is 0 Å². The molecule has 0 aliphatic carbocycles. The van der Waals surface area contributed by atoms with Gasteiger partial charge in [0.25, 0.3) is 0 Å². The molecule has 1 rings (SSSR count). The smallest absolute Gasteiger partial charge is 0.225 e. The summed E-state index contributed by atoms with van der Waals surface area (Å²) in [5.41, 5.74) is 0.107. The van der Waals surface area contributed by atoms with Gasteiger partial charge < -0.3 is 15.0 Å². The minimum absolute atomic E-state index is 0.0332. The zero-order valence-electron chi connectivity index (χ0n) is 11.7. The fourth-order valence-corrected chi connectivity index (χ4v) is 1.89. The van der Waals surface area contributed by atoms with Gasteiger partial charge in [-0.1, -0.05) is 20.8 Å². The lowest BCUT2D eigenvalue weighted by atomic mass is 9.87. The lowest BCUT2D eigenvalue weighted by Gasteiger charge is -2.36. The first kappa shape index (κ1) is 14.5. The van der Waals surface area contributed by atoms with Crippen molar-refractivity contribution in [2.45, 2.75) is 46.3 Å². The van der Waals surface area contributed by atoms with Crippen LogP contribution in [0, 0.1) is 5.41 Å². The molecular weight excluding hydrogens is 216 g/mol. The van der Waals surface area contributed by atoms with Crippen molar-refractivity contribution < 1.29 is 9.53 Å². The summed E-state index contributed by atoms with van der Waals surface area (Å²) in [6, 6.07) is 0.228. The molecule has 4 nitrogen and oxygen atoms in total. The third-order valence-electron chi connectivity index (χ3n) is 3.63. The molecule has 0 bridgehead atoms. The Morgan fingerprint density at radius 2 is 2.18 bits per heavy atom. The van der Waals surface area contributed by atoms with Crippen molar-refractivity contribution in [3.05, 3.63) is 0 Å². The van der Waals surface area contributed by atoms with Crippen molar-refractivity contribution in [3.8, 4) is 0 Å². The van der Waals surface area contributed by atoms with Crippen LogP contribution in [0.4, 0.5) is 0 Å². The molecule has 1 heterocycles. The molecule has 0 aromatic rings. The second-order valence-corrected chi connectivity index (χ2v) is 5.95. The van der Waals surface area contributed by atoms with Crippen LogP contribution in [0.25, 0.3) is 0 Å². The van der Waals surface area contributed by atoms with Gasteiger partial charge in [-0.15, -0.1) is 0 Å². The Morgan fingerprint density at radius 3 is 2.65 bits per heavy atom. The molecule has 100 valence electrons. The van der Waals surface area contributed by atoms with E-state index in [1.165, 1.54) is 0 Å². The summed E-state index contributed by atoms with van der Waals surface area (Å²) in [5.74, 6) is 0.168. The monoisotopic (exact) mass is 242 g/mol. The SMILES string of the molecule is CC(N(C)C(=O)CC1CNCCO1)C(C)(C)C. The summed E-state index contributed by atoms with van der Waals surface area (Å²) in [7, 11) is 1.88. The minimum Gasteiger partial charge on any atom is -0.375 e. The highest BCUT2D eigenvalue weighted by molar-refractivity contribution is 5.76. The Kier molecular flexibility index (Phi) is 4.95. The van der Waals surface area contributed by atoms with Crippen molar-refractivity contribution in [3.63, 3.8) is 0 Å². The first-order chi connectivity index (χ1) is 7.82. The number of rotatable bonds is 3. The highest BCUT2D eigenvalue weighted by atomic mass is 16.5. The number of carbonyl (C=O) groups is 1. The molecule has 4 heteroatoms. The average molecular weight is 242 g/mol. The standard InChI is InChI=1S/C13H26N2O2/c1-10(13(2,3)4)15(5)12(16)8-11-9-14-6-7-17-11/h10-11,14H,6-9H2,1-5H3. The Hall–Kier alpha value is -0.610. The molecule has 1 fully saturated rings. The van der Waals surface area contributed by atoms with Gasteiger partial charge in [0.05, 0.1) is 19.1 Å². The van der Waals surface area contributed by atoms with E-state index in [0.29, 0.717) is 13.0 Å². The molecule has 1 saturated heterocycles. The summed E-state index contributed by atoms with van der Waals surface area (Å²) in [6.07, 6.45) is 0.509. The third kappa shape index (κ3) is 4.28. The van der Waals surface area contributed by atoms with Crippen molar-refractivity contribution in [2.75, 3.05) is 26.7 Å². The van der Waals surface area contributed by atoms with Crippen molar-refractivity contribution in [2.24, 2.45) is 5.41 Å². The van der Waals surface area contributed by atoms with Crippen LogP contribution in [-0.4, -0.2) is 49.7 Å². The molecule has 0 aromatic heterocycles. The summed E-state index contributed by atoms with van der Waals surface area (Å²) < 4.78 is 5.55. The number of nitrogens with zero attached hydrogens (tertiary/aromatic N) is 1. The van der Waals surface area contributed by atoms with E-state index >= 15 is 0 Å². The van der Waals surface area contributed by atoms with E-state index in [2.05, 4.69) is 33.0 Å². The molecule has 1 aliphatic heterocycles. The van der Waals surface area contributed by atoms with Gasteiger partial charge in [-0.25, -0.2) is 0 Å². The second kappa shape index (κ2) is 5.83. The summed E-state index contributed by atoms with van der Waals surface area (Å²) >= 11 is 0. The number of carbonyl (C=O) groups excluding carboxylic acids is 1. The van der Waals surface area contributed by atoms with Gasteiger partial charge in [-0.05, 0) is 12.3 Å². The van der Waals surface area contributed by atoms with Gasteiger partial charge in [0, 0.05) is 26.2 Å². The lowest BCUT2D eigenvalue weighted by Crippen LogP contribution is -2.46. The van der Waals surface area contributed by atoms with Crippen LogP contribution in [0.3, 0.4) is 0 Å². The fourth-order valence-electron chi connectivity index (χ4n) is 1.89. The maximum atomic E-state index is 12.1. The maximum Gasteiger partial charge on any atom is 0.225 e. The maximum absolute atomic E-state index is 12.1. The van der Waals surface area contributed by atoms with E-state index < -0.39 is 0 Å². The predicted molar refractivity (Wildman–Crippen MR) is 68.9 cm³/mol. The Labute approximate surface area is 105 Å². The number of ether oxygens (including phenoxy) is 1. The van der Waals surface area contributed by atoms with Crippen molar-refractivity contribution in [1.29, 1.82) is 0 Å². The summed E-state index contributed by atoms with van der Waals surface area (Å²) in [6.45, 7) is 10.9. The Morgan fingerprint density at radius 1 is 1.53 bits per heavy atom. The van der Waals surface area contributed by atoms with Gasteiger partial charge in [0.2, 0.25) is 5.91 Å². The minimum atomic E-state index is 0.0332. The molecular formula is C13H26N2O2. The number of hydrogen-bond donors (Lipinski definition) is 1. The summed E-state index contributed by atoms with van der Waals surface area (Å²) in [5, 5.41) is 3.24. The quantitative estimate of drug-likeness (QED) is 0.810. The van der Waals surface area contributed by atoms with E-state index in [9.17, 15) is 4.79 Å². The van der Waals surface area contributed by atoms with Crippen LogP contribution in [0.1, 0.15) is 34.1 Å². The number of nitrogens with one attached hydrogen (secondary N) is 1. The van der Waals surface area contributed by atoms with E-state index in [-0.39, 0.29) is 23.5 Å². The highest BCUT2D eigenvalue weighted by Crippen LogP contribution is 2.23. The first-order valence-corrected chi connectivity index (χ1v) is 6.40. The Balaban J connectivity index is 2.46. The normalized spacial score (nSPS) is 23.2. The van der Waals surface area contributed by atoms with Crippen LogP contribution in [-0.2, 0) is 9.53 Å². The fraction of sp³-hybridized carbons (Fsp3) is 0.923. The molecule has 1 amide bonds. The van der Waals surface area contributed by atoms with Crippen molar-refractivity contribution in [1.82, 2.24) is 10.2 Å². The molecule has 2 atom stereocenters. The zero-order chi connectivity index (χ0) is 13.1. The van der Waals surface area contributed by atoms with Crippen LogP contribution < -0.4 is 5.32 Å². The molecule has 2 unspecified atom stereocenters. The average Bonchev–Trinajstić information content (AvgIpc) is 2.27. The molecule has 1 aliphatic rings. The zero-order valence-corrected chi connectivity index (χ0v) is 11.7. The first-order valence-electron chi connectivity index (χ1n) is 6.40. The summed E-state index contributed by atoms with van der Waals surface area (Å²) in [4.78, 5) is 14.0. The predicted octanol–water partition coefficient (Wildman–Crippen LogP) is 1.26. The lowest BCUT2D eigenvalue weighted by molar-refractivity contribution is -0.137. The largest absolute Gasteiger partial charge is 0.375 e. The van der Waals surface area contributed by atoms with Gasteiger partial charge >= 0.3 is 0 Å². The molecule has 0 saturated carbocycles. The molecule has 0 spiro atoms. The third-order valence-corrected chi connectivity index (χ3v) is 3.63. The number of amides is 1. The van der Waals surface area contributed by atoms with Crippen LogP contribution in [0.5, 0.6) is 0 Å². The molecule has 0 radical (unpaired) electrons. The Bertz CT molecular complexity index is 255. The van der Waals surface area contributed by atoms with E-state index in [1.807, 2.05) is 11.9 Å². The van der Waals surface area contributed by atoms with Gasteiger partial charge in [0.1, 0.15) is 0 Å². The van der Waals surface area contributed by atoms with E-state index in [4.69, 9.17) is 4.74 Å².